The van der Waals surface area contributed by atoms with Gasteiger partial charge in [-0.3, -0.25) is 0 Å². The molecule has 2 heterocycles. The maximum Gasteiger partial charge on any atom is 0.337 e. The summed E-state index contributed by atoms with van der Waals surface area (Å²) in [5.41, 5.74) is 3.09. The summed E-state index contributed by atoms with van der Waals surface area (Å²) in [5.74, 6) is 0.0159. The van der Waals surface area contributed by atoms with Gasteiger partial charge in [0.05, 0.1) is 28.8 Å². The van der Waals surface area contributed by atoms with Crippen LogP contribution in [0.15, 0.2) is 46.6 Å². The molecule has 7 heteroatoms. The highest BCUT2D eigenvalue weighted by Gasteiger charge is 2.29. The highest BCUT2D eigenvalue weighted by molar-refractivity contribution is 7.99. The molecule has 1 aromatic carbocycles. The van der Waals surface area contributed by atoms with Crippen molar-refractivity contribution in [2.75, 3.05) is 12.4 Å². The number of hydrogen-bond donors (Lipinski definition) is 2. The molecule has 0 radical (unpaired) electrons. The van der Waals surface area contributed by atoms with E-state index in [4.69, 9.17) is 4.74 Å². The van der Waals surface area contributed by atoms with E-state index in [9.17, 15) is 9.59 Å². The lowest BCUT2D eigenvalue weighted by molar-refractivity contribution is -0.138. The van der Waals surface area contributed by atoms with Crippen LogP contribution in [0.4, 0.5) is 4.79 Å². The van der Waals surface area contributed by atoms with Crippen molar-refractivity contribution in [2.45, 2.75) is 31.8 Å². The van der Waals surface area contributed by atoms with Crippen molar-refractivity contribution in [2.24, 2.45) is 0 Å². The zero-order valence-corrected chi connectivity index (χ0v) is 15.8. The Morgan fingerprint density at radius 2 is 2.12 bits per heavy atom. The summed E-state index contributed by atoms with van der Waals surface area (Å²) in [7, 11) is 0. The molecule has 1 aliphatic heterocycles. The molecule has 0 saturated heterocycles. The first-order valence-corrected chi connectivity index (χ1v) is 9.45. The second-order valence-corrected chi connectivity index (χ2v) is 7.01. The van der Waals surface area contributed by atoms with Gasteiger partial charge in [0.25, 0.3) is 0 Å². The number of para-hydroxylation sites is 1. The van der Waals surface area contributed by atoms with Gasteiger partial charge in [-0.2, -0.15) is 0 Å². The first kappa shape index (κ1) is 18.3. The predicted molar refractivity (Wildman–Crippen MR) is 102 cm³/mol. The molecular weight excluding hydrogens is 350 g/mol. The third-order valence-electron chi connectivity index (χ3n) is 4.13. The summed E-state index contributed by atoms with van der Waals surface area (Å²) in [6, 6.07) is 9.27. The molecule has 1 aromatic heterocycles. The Morgan fingerprint density at radius 1 is 1.35 bits per heavy atom. The topological polar surface area (TPSA) is 80.3 Å². The van der Waals surface area contributed by atoms with Gasteiger partial charge in [0.1, 0.15) is 0 Å². The van der Waals surface area contributed by atoms with Gasteiger partial charge < -0.3 is 15.4 Å². The number of pyridine rings is 1. The van der Waals surface area contributed by atoms with E-state index in [2.05, 4.69) is 15.6 Å². The van der Waals surface area contributed by atoms with Crippen LogP contribution < -0.4 is 10.6 Å². The molecular formula is C19H21N3O3S. The van der Waals surface area contributed by atoms with E-state index in [1.54, 1.807) is 13.8 Å². The zero-order valence-electron chi connectivity index (χ0n) is 15.0. The second-order valence-electron chi connectivity index (χ2n) is 6.02. The van der Waals surface area contributed by atoms with E-state index in [1.165, 1.54) is 11.8 Å². The third-order valence-corrected chi connectivity index (χ3v) is 5.07. The quantitative estimate of drug-likeness (QED) is 0.623. The molecule has 6 nitrogen and oxygen atoms in total. The fourth-order valence-electron chi connectivity index (χ4n) is 2.93. The van der Waals surface area contributed by atoms with Crippen LogP contribution in [0.1, 0.15) is 19.4 Å². The first-order valence-electron chi connectivity index (χ1n) is 8.46. The van der Waals surface area contributed by atoms with Crippen LogP contribution in [-0.2, 0) is 9.53 Å². The molecule has 0 bridgehead atoms. The summed E-state index contributed by atoms with van der Waals surface area (Å²) in [6.45, 7) is 5.86. The van der Waals surface area contributed by atoms with Gasteiger partial charge in [-0.05, 0) is 38.5 Å². The minimum atomic E-state index is -0.411. The molecule has 0 saturated carbocycles. The number of fused-ring (bicyclic) bond motifs is 1. The van der Waals surface area contributed by atoms with Gasteiger partial charge in [0, 0.05) is 16.8 Å². The molecule has 2 aromatic rings. The smallest absolute Gasteiger partial charge is 0.337 e. The number of urea groups is 1. The van der Waals surface area contributed by atoms with E-state index in [0.29, 0.717) is 17.0 Å². The fourth-order valence-corrected chi connectivity index (χ4v) is 3.87. The summed E-state index contributed by atoms with van der Waals surface area (Å²) < 4.78 is 5.13. The molecule has 1 atom stereocenters. The van der Waals surface area contributed by atoms with Crippen molar-refractivity contribution in [3.8, 4) is 0 Å². The SMILES string of the molecule is CCOC(=O)C1=C(CSc2cc(C)c3ccccc3n2)NC(=O)N[C@H]1C. The number of carbonyl (C=O) groups excluding carboxylic acids is 2. The highest BCUT2D eigenvalue weighted by Crippen LogP contribution is 2.26. The number of thioether (sulfide) groups is 1. The Balaban J connectivity index is 1.87. The maximum atomic E-state index is 12.3. The molecule has 2 N–H and O–H groups in total. The first-order chi connectivity index (χ1) is 12.5. The largest absolute Gasteiger partial charge is 0.463 e. The molecule has 1 aliphatic rings. The molecule has 0 unspecified atom stereocenters. The summed E-state index contributed by atoms with van der Waals surface area (Å²) >= 11 is 1.48. The van der Waals surface area contributed by atoms with Crippen LogP contribution in [0.5, 0.6) is 0 Å². The van der Waals surface area contributed by atoms with E-state index in [1.807, 2.05) is 37.3 Å². The summed E-state index contributed by atoms with van der Waals surface area (Å²) in [6.07, 6.45) is 0. The number of aromatic nitrogens is 1. The Morgan fingerprint density at radius 3 is 2.88 bits per heavy atom. The molecule has 136 valence electrons. The Bertz CT molecular complexity index is 895. The minimum absolute atomic E-state index is 0.287. The van der Waals surface area contributed by atoms with Crippen LogP contribution in [0.3, 0.4) is 0 Å². The summed E-state index contributed by atoms with van der Waals surface area (Å²) in [5, 5.41) is 7.40. The van der Waals surface area contributed by atoms with E-state index < -0.39 is 12.0 Å². The van der Waals surface area contributed by atoms with Gasteiger partial charge in [-0.1, -0.05) is 18.2 Å². The van der Waals surface area contributed by atoms with Crippen LogP contribution in [0.25, 0.3) is 10.9 Å². The number of hydrogen-bond acceptors (Lipinski definition) is 5. The lowest BCUT2D eigenvalue weighted by atomic mass is 10.1. The van der Waals surface area contributed by atoms with Gasteiger partial charge in [-0.15, -0.1) is 11.8 Å². The molecule has 0 aliphatic carbocycles. The van der Waals surface area contributed by atoms with Crippen molar-refractivity contribution in [1.29, 1.82) is 0 Å². The number of amides is 2. The van der Waals surface area contributed by atoms with Gasteiger partial charge in [0.2, 0.25) is 0 Å². The average molecular weight is 371 g/mol. The van der Waals surface area contributed by atoms with Crippen molar-refractivity contribution in [3.05, 3.63) is 47.2 Å². The number of esters is 1. The number of ether oxygens (including phenoxy) is 1. The lowest BCUT2D eigenvalue weighted by Gasteiger charge is -2.26. The number of aryl methyl sites for hydroxylation is 1. The van der Waals surface area contributed by atoms with Crippen LogP contribution in [0.2, 0.25) is 0 Å². The number of nitrogens with one attached hydrogen (secondary N) is 2. The summed E-state index contributed by atoms with van der Waals surface area (Å²) in [4.78, 5) is 28.7. The van der Waals surface area contributed by atoms with Gasteiger partial charge in [0.15, 0.2) is 0 Å². The second kappa shape index (κ2) is 7.78. The number of carbonyl (C=O) groups is 2. The molecule has 26 heavy (non-hydrogen) atoms. The number of rotatable bonds is 5. The van der Waals surface area contributed by atoms with E-state index in [-0.39, 0.29) is 12.6 Å². The van der Waals surface area contributed by atoms with Crippen LogP contribution in [-0.4, -0.2) is 35.4 Å². The van der Waals surface area contributed by atoms with E-state index >= 15 is 0 Å². The predicted octanol–water partition coefficient (Wildman–Crippen LogP) is 3.15. The fraction of sp³-hybridized carbons (Fsp3) is 0.316. The van der Waals surface area contributed by atoms with Crippen molar-refractivity contribution in [1.82, 2.24) is 15.6 Å². The Labute approximate surface area is 156 Å². The monoisotopic (exact) mass is 371 g/mol. The number of benzene rings is 1. The minimum Gasteiger partial charge on any atom is -0.463 e. The molecule has 2 amide bonds. The third kappa shape index (κ3) is 3.83. The van der Waals surface area contributed by atoms with Crippen molar-refractivity contribution < 1.29 is 14.3 Å². The highest BCUT2D eigenvalue weighted by atomic mass is 32.2. The van der Waals surface area contributed by atoms with Crippen molar-refractivity contribution >= 4 is 34.7 Å². The molecule has 0 spiro atoms. The van der Waals surface area contributed by atoms with Gasteiger partial charge >= 0.3 is 12.0 Å². The average Bonchev–Trinajstić information content (AvgIpc) is 2.59. The van der Waals surface area contributed by atoms with Crippen LogP contribution in [0, 0.1) is 6.92 Å². The lowest BCUT2D eigenvalue weighted by Crippen LogP contribution is -2.49. The Kier molecular flexibility index (Phi) is 5.46. The van der Waals surface area contributed by atoms with E-state index in [0.717, 1.165) is 21.5 Å². The Hall–Kier alpha value is -2.54. The number of nitrogens with zero attached hydrogens (tertiary/aromatic N) is 1. The molecule has 3 rings (SSSR count). The van der Waals surface area contributed by atoms with Gasteiger partial charge in [-0.25, -0.2) is 14.6 Å². The molecule has 0 fully saturated rings. The zero-order chi connectivity index (χ0) is 18.7. The van der Waals surface area contributed by atoms with Crippen molar-refractivity contribution in [3.63, 3.8) is 0 Å². The standard InChI is InChI=1S/C19H21N3O3S/c1-4-25-18(23)17-12(3)20-19(24)22-15(17)10-26-16-9-11(2)13-7-5-6-8-14(13)21-16/h5-9,12H,4,10H2,1-3H3,(H2,20,22,24)/t12-/m0/s1. The normalized spacial score (nSPS) is 17.0. The van der Waals surface area contributed by atoms with Crippen LogP contribution >= 0.6 is 11.8 Å². The maximum absolute atomic E-state index is 12.3.